The lowest BCUT2D eigenvalue weighted by atomic mass is 10.4. The van der Waals surface area contributed by atoms with E-state index < -0.39 is 0 Å². The molecule has 0 aliphatic carbocycles. The number of rotatable bonds is 2. The molecule has 0 bridgehead atoms. The molecule has 2 N–H and O–H groups in total. The van der Waals surface area contributed by atoms with Gasteiger partial charge in [-0.2, -0.15) is 0 Å². The smallest absolute Gasteiger partial charge is 0.154 e. The van der Waals surface area contributed by atoms with E-state index in [2.05, 4.69) is 25.9 Å². The van der Waals surface area contributed by atoms with Crippen LogP contribution >= 0.6 is 39.0 Å². The summed E-state index contributed by atoms with van der Waals surface area (Å²) >= 11 is 6.54. The average molecular weight is 288 g/mol. The first kappa shape index (κ1) is 9.95. The van der Waals surface area contributed by atoms with Crippen molar-refractivity contribution in [2.45, 2.75) is 9.24 Å². The van der Waals surface area contributed by atoms with Crippen molar-refractivity contribution in [1.29, 1.82) is 0 Å². The van der Waals surface area contributed by atoms with Crippen molar-refractivity contribution in [1.82, 2.24) is 9.97 Å². The van der Waals surface area contributed by atoms with Crippen molar-refractivity contribution in [2.24, 2.45) is 0 Å². The van der Waals surface area contributed by atoms with Crippen LogP contribution in [0, 0.1) is 0 Å². The first-order valence-electron chi connectivity index (χ1n) is 3.73. The molecule has 2 aromatic rings. The number of nitrogen functional groups attached to an aromatic ring is 1. The second kappa shape index (κ2) is 4.29. The fourth-order valence-corrected chi connectivity index (χ4v) is 3.06. The summed E-state index contributed by atoms with van der Waals surface area (Å²) in [6.07, 6.45) is 5.14. The molecule has 0 aromatic carbocycles. The van der Waals surface area contributed by atoms with E-state index in [-0.39, 0.29) is 0 Å². The van der Waals surface area contributed by atoms with Gasteiger partial charge in [0.1, 0.15) is 0 Å². The summed E-state index contributed by atoms with van der Waals surface area (Å²) < 4.78 is 1.88. The fourth-order valence-electron chi connectivity index (χ4n) is 0.894. The summed E-state index contributed by atoms with van der Waals surface area (Å²) in [4.78, 5) is 9.12. The Balaban J connectivity index is 2.33. The Morgan fingerprint density at radius 1 is 1.43 bits per heavy atom. The van der Waals surface area contributed by atoms with E-state index in [1.54, 1.807) is 41.7 Å². The molecule has 2 heterocycles. The number of halogens is 1. The lowest BCUT2D eigenvalue weighted by Gasteiger charge is -2.03. The number of hydrogen-bond acceptors (Lipinski definition) is 5. The molecule has 2 aromatic heterocycles. The molecule has 0 radical (unpaired) electrons. The maximum absolute atomic E-state index is 5.80. The van der Waals surface area contributed by atoms with E-state index in [1.807, 2.05) is 5.38 Å². The van der Waals surface area contributed by atoms with E-state index in [4.69, 9.17) is 5.73 Å². The van der Waals surface area contributed by atoms with Crippen molar-refractivity contribution < 1.29 is 0 Å². The minimum absolute atomic E-state index is 0.666. The summed E-state index contributed by atoms with van der Waals surface area (Å²) in [6, 6.07) is 0. The quantitative estimate of drug-likeness (QED) is 0.922. The Bertz CT molecular complexity index is 410. The third-order valence-corrected chi connectivity index (χ3v) is 4.39. The number of thiazole rings is 1. The van der Waals surface area contributed by atoms with Crippen LogP contribution < -0.4 is 5.73 Å². The van der Waals surface area contributed by atoms with Gasteiger partial charge in [-0.15, -0.1) is 11.3 Å². The zero-order chi connectivity index (χ0) is 9.97. The van der Waals surface area contributed by atoms with E-state index in [1.165, 1.54) is 0 Å². The Morgan fingerprint density at radius 3 is 2.93 bits per heavy atom. The van der Waals surface area contributed by atoms with Gasteiger partial charge in [-0.1, -0.05) is 11.8 Å². The van der Waals surface area contributed by atoms with Gasteiger partial charge in [-0.25, -0.2) is 4.98 Å². The van der Waals surface area contributed by atoms with E-state index in [0.717, 1.165) is 13.7 Å². The Morgan fingerprint density at radius 2 is 2.29 bits per heavy atom. The van der Waals surface area contributed by atoms with Crippen molar-refractivity contribution in [2.75, 3.05) is 5.73 Å². The summed E-state index contributed by atoms with van der Waals surface area (Å²) in [5.74, 6) is 0. The molecule has 0 aliphatic rings. The van der Waals surface area contributed by atoms with Gasteiger partial charge in [0, 0.05) is 17.8 Å². The Hall–Kier alpha value is -0.590. The van der Waals surface area contributed by atoms with Gasteiger partial charge in [-0.3, -0.25) is 4.98 Å². The lowest BCUT2D eigenvalue weighted by molar-refractivity contribution is 1.21. The largest absolute Gasteiger partial charge is 0.397 e. The molecule has 0 fully saturated rings. The predicted octanol–water partition coefficient (Wildman–Crippen LogP) is 3.03. The molecule has 0 spiro atoms. The third kappa shape index (κ3) is 2.08. The molecule has 0 amide bonds. The van der Waals surface area contributed by atoms with Gasteiger partial charge in [-0.05, 0) is 15.9 Å². The molecule has 0 unspecified atom stereocenters. The zero-order valence-corrected chi connectivity index (χ0v) is 10.2. The van der Waals surface area contributed by atoms with Crippen LogP contribution in [0.1, 0.15) is 0 Å². The average Bonchev–Trinajstić information content (AvgIpc) is 2.64. The van der Waals surface area contributed by atoms with Gasteiger partial charge < -0.3 is 5.73 Å². The first-order chi connectivity index (χ1) is 6.77. The van der Waals surface area contributed by atoms with Crippen LogP contribution in [0.2, 0.25) is 0 Å². The van der Waals surface area contributed by atoms with Gasteiger partial charge in [0.05, 0.1) is 21.3 Å². The maximum atomic E-state index is 5.80. The summed E-state index contributed by atoms with van der Waals surface area (Å²) in [5, 5.41) is 1.94. The highest BCUT2D eigenvalue weighted by molar-refractivity contribution is 9.10. The van der Waals surface area contributed by atoms with Crippen LogP contribution in [0.15, 0.2) is 37.7 Å². The summed E-state index contributed by atoms with van der Waals surface area (Å²) in [6.45, 7) is 0. The number of nitrogens with zero attached hydrogens (tertiary/aromatic N) is 2. The molecule has 6 heteroatoms. The molecule has 0 saturated heterocycles. The number of nitrogens with two attached hydrogens (primary N) is 1. The number of pyridine rings is 1. The van der Waals surface area contributed by atoms with Crippen molar-refractivity contribution >= 4 is 44.7 Å². The van der Waals surface area contributed by atoms with Crippen LogP contribution in [0.5, 0.6) is 0 Å². The van der Waals surface area contributed by atoms with Crippen LogP contribution in [0.25, 0.3) is 0 Å². The molecular weight excluding hydrogens is 282 g/mol. The number of hydrogen-bond donors (Lipinski definition) is 1. The van der Waals surface area contributed by atoms with Crippen LogP contribution in [-0.4, -0.2) is 9.97 Å². The molecule has 0 aliphatic heterocycles. The van der Waals surface area contributed by atoms with Crippen LogP contribution in [-0.2, 0) is 0 Å². The topological polar surface area (TPSA) is 51.8 Å². The van der Waals surface area contributed by atoms with E-state index in [0.29, 0.717) is 5.69 Å². The Kier molecular flexibility index (Phi) is 3.05. The van der Waals surface area contributed by atoms with Gasteiger partial charge in [0.2, 0.25) is 0 Å². The first-order valence-corrected chi connectivity index (χ1v) is 6.22. The van der Waals surface area contributed by atoms with E-state index in [9.17, 15) is 0 Å². The minimum atomic E-state index is 0.666. The second-order valence-corrected chi connectivity index (χ2v) is 5.45. The van der Waals surface area contributed by atoms with Gasteiger partial charge in [0.15, 0.2) is 4.34 Å². The predicted molar refractivity (Wildman–Crippen MR) is 62.6 cm³/mol. The zero-order valence-electron chi connectivity index (χ0n) is 6.98. The number of aromatic nitrogens is 2. The lowest BCUT2D eigenvalue weighted by Crippen LogP contribution is -1.90. The molecule has 3 nitrogen and oxygen atoms in total. The molecule has 14 heavy (non-hydrogen) atoms. The maximum Gasteiger partial charge on any atom is 0.154 e. The monoisotopic (exact) mass is 287 g/mol. The molecular formula is C8H6BrN3S2. The van der Waals surface area contributed by atoms with Crippen molar-refractivity contribution in [3.8, 4) is 0 Å². The molecule has 2 rings (SSSR count). The molecule has 0 saturated carbocycles. The summed E-state index contributed by atoms with van der Waals surface area (Å²) in [5.41, 5.74) is 6.47. The van der Waals surface area contributed by atoms with E-state index >= 15 is 0 Å². The highest BCUT2D eigenvalue weighted by atomic mass is 79.9. The highest BCUT2D eigenvalue weighted by Crippen LogP contribution is 2.37. The highest BCUT2D eigenvalue weighted by Gasteiger charge is 2.08. The molecule has 72 valence electrons. The third-order valence-electron chi connectivity index (χ3n) is 1.48. The fraction of sp³-hybridized carbons (Fsp3) is 0. The van der Waals surface area contributed by atoms with Crippen molar-refractivity contribution in [3.05, 3.63) is 28.4 Å². The normalized spacial score (nSPS) is 10.4. The SMILES string of the molecule is Nc1cncc(Br)c1Sc1nccs1. The molecule has 0 atom stereocenters. The van der Waals surface area contributed by atoms with Gasteiger partial charge >= 0.3 is 0 Å². The van der Waals surface area contributed by atoms with Crippen LogP contribution in [0.4, 0.5) is 5.69 Å². The second-order valence-electron chi connectivity index (χ2n) is 2.44. The standard InChI is InChI=1S/C8H6BrN3S2/c9-5-3-11-4-6(10)7(5)14-8-12-1-2-13-8/h1-4H,10H2. The summed E-state index contributed by atoms with van der Waals surface area (Å²) in [7, 11) is 0. The van der Waals surface area contributed by atoms with Crippen molar-refractivity contribution in [3.63, 3.8) is 0 Å². The minimum Gasteiger partial charge on any atom is -0.397 e. The number of anilines is 1. The van der Waals surface area contributed by atoms with Crippen LogP contribution in [0.3, 0.4) is 0 Å². The van der Waals surface area contributed by atoms with Gasteiger partial charge in [0.25, 0.3) is 0 Å². The Labute approximate surface area is 97.9 Å².